The second-order valence-electron chi connectivity index (χ2n) is 6.47. The number of piperidine rings is 1. The molecule has 1 aliphatic heterocycles. The van der Waals surface area contributed by atoms with Gasteiger partial charge in [-0.2, -0.15) is 5.10 Å². The van der Waals surface area contributed by atoms with Gasteiger partial charge in [-0.3, -0.25) is 0 Å². The van der Waals surface area contributed by atoms with Gasteiger partial charge in [0.05, 0.1) is 22.2 Å². The lowest BCUT2D eigenvalue weighted by Crippen LogP contribution is -2.38. The monoisotopic (exact) mass is 372 g/mol. The van der Waals surface area contributed by atoms with Gasteiger partial charge in [-0.1, -0.05) is 0 Å². The fraction of sp³-hybridized carbons (Fsp3) is 0.353. The molecule has 136 valence electrons. The van der Waals surface area contributed by atoms with E-state index in [9.17, 15) is 8.42 Å². The standard InChI is InChI=1S/C17H20N6O2S/c1-26(24,25)14-6-4-13(5-7-14)23-17-15(10-21-23)16(19-11-20-17)22-12-3-2-8-18-9-12/h4-7,10-12,18H,2-3,8-9H2,1H3,(H,19,20,22). The minimum Gasteiger partial charge on any atom is -0.365 e. The Hall–Kier alpha value is -2.52. The van der Waals surface area contributed by atoms with Gasteiger partial charge in [0.1, 0.15) is 12.1 Å². The maximum Gasteiger partial charge on any atom is 0.175 e. The summed E-state index contributed by atoms with van der Waals surface area (Å²) in [5.74, 6) is 0.766. The van der Waals surface area contributed by atoms with Crippen molar-refractivity contribution in [2.45, 2.75) is 23.8 Å². The molecular weight excluding hydrogens is 352 g/mol. The third-order valence-corrected chi connectivity index (χ3v) is 5.64. The third-order valence-electron chi connectivity index (χ3n) is 4.51. The second-order valence-corrected chi connectivity index (χ2v) is 8.49. The number of anilines is 1. The zero-order valence-corrected chi connectivity index (χ0v) is 15.2. The van der Waals surface area contributed by atoms with E-state index in [0.29, 0.717) is 11.7 Å². The fourth-order valence-corrected chi connectivity index (χ4v) is 3.78. The Morgan fingerprint density at radius 1 is 1.23 bits per heavy atom. The summed E-state index contributed by atoms with van der Waals surface area (Å²) in [7, 11) is -3.23. The van der Waals surface area contributed by atoms with E-state index in [1.165, 1.54) is 12.6 Å². The first-order valence-electron chi connectivity index (χ1n) is 8.49. The topological polar surface area (TPSA) is 102 Å². The van der Waals surface area contributed by atoms with Crippen LogP contribution in [-0.4, -0.2) is 53.6 Å². The van der Waals surface area contributed by atoms with Gasteiger partial charge in [-0.05, 0) is 43.7 Å². The zero-order valence-electron chi connectivity index (χ0n) is 14.4. The molecule has 0 radical (unpaired) electrons. The van der Waals surface area contributed by atoms with Gasteiger partial charge in [0.25, 0.3) is 0 Å². The van der Waals surface area contributed by atoms with Crippen LogP contribution in [-0.2, 0) is 9.84 Å². The Balaban J connectivity index is 1.68. The molecule has 0 bridgehead atoms. The zero-order chi connectivity index (χ0) is 18.1. The summed E-state index contributed by atoms with van der Waals surface area (Å²) in [5.41, 5.74) is 1.43. The van der Waals surface area contributed by atoms with E-state index in [1.807, 2.05) is 0 Å². The average Bonchev–Trinajstić information content (AvgIpc) is 3.07. The number of aromatic nitrogens is 4. The highest BCUT2D eigenvalue weighted by atomic mass is 32.2. The fourth-order valence-electron chi connectivity index (χ4n) is 3.15. The summed E-state index contributed by atoms with van der Waals surface area (Å²) in [6.07, 6.45) is 6.68. The number of nitrogens with zero attached hydrogens (tertiary/aromatic N) is 4. The molecule has 3 aromatic rings. The summed E-state index contributed by atoms with van der Waals surface area (Å²) < 4.78 is 24.9. The molecule has 8 nitrogen and oxygen atoms in total. The number of rotatable bonds is 4. The summed E-state index contributed by atoms with van der Waals surface area (Å²) in [6, 6.07) is 6.93. The molecule has 1 atom stereocenters. The Labute approximate surface area is 151 Å². The molecule has 3 heterocycles. The van der Waals surface area contributed by atoms with Gasteiger partial charge < -0.3 is 10.6 Å². The van der Waals surface area contributed by atoms with Crippen LogP contribution in [0, 0.1) is 0 Å². The first-order valence-corrected chi connectivity index (χ1v) is 10.4. The number of fused-ring (bicyclic) bond motifs is 1. The summed E-state index contributed by atoms with van der Waals surface area (Å²) in [5, 5.41) is 12.1. The first kappa shape index (κ1) is 16.9. The SMILES string of the molecule is CS(=O)(=O)c1ccc(-n2ncc3c(NC4CCCNC4)ncnc32)cc1. The quantitative estimate of drug-likeness (QED) is 0.713. The highest BCUT2D eigenvalue weighted by Crippen LogP contribution is 2.23. The van der Waals surface area contributed by atoms with Gasteiger partial charge in [0.15, 0.2) is 15.5 Å². The van der Waals surface area contributed by atoms with E-state index < -0.39 is 9.84 Å². The maximum atomic E-state index is 11.6. The van der Waals surface area contributed by atoms with Crippen molar-refractivity contribution < 1.29 is 8.42 Å². The van der Waals surface area contributed by atoms with Crippen molar-refractivity contribution in [1.29, 1.82) is 0 Å². The minimum absolute atomic E-state index is 0.277. The predicted molar refractivity (Wildman–Crippen MR) is 99.3 cm³/mol. The molecule has 1 unspecified atom stereocenters. The predicted octanol–water partition coefficient (Wildman–Crippen LogP) is 1.38. The van der Waals surface area contributed by atoms with Crippen LogP contribution in [0.5, 0.6) is 0 Å². The third kappa shape index (κ3) is 3.27. The Bertz CT molecular complexity index is 1020. The van der Waals surface area contributed by atoms with Crippen molar-refractivity contribution in [3.63, 3.8) is 0 Å². The number of hydrogen-bond donors (Lipinski definition) is 2. The molecule has 2 aromatic heterocycles. The van der Waals surface area contributed by atoms with E-state index in [1.54, 1.807) is 35.1 Å². The highest BCUT2D eigenvalue weighted by molar-refractivity contribution is 7.90. The molecule has 1 saturated heterocycles. The molecule has 1 aromatic carbocycles. The van der Waals surface area contributed by atoms with Crippen LogP contribution in [0.4, 0.5) is 5.82 Å². The summed E-state index contributed by atoms with van der Waals surface area (Å²) >= 11 is 0. The van der Waals surface area contributed by atoms with Gasteiger partial charge in [0, 0.05) is 18.8 Å². The Morgan fingerprint density at radius 3 is 2.73 bits per heavy atom. The molecule has 1 aliphatic rings. The van der Waals surface area contributed by atoms with Gasteiger partial charge in [-0.15, -0.1) is 0 Å². The molecule has 0 spiro atoms. The van der Waals surface area contributed by atoms with Crippen LogP contribution in [0.25, 0.3) is 16.7 Å². The van der Waals surface area contributed by atoms with Crippen LogP contribution in [0.1, 0.15) is 12.8 Å². The number of benzene rings is 1. The Morgan fingerprint density at radius 2 is 2.04 bits per heavy atom. The van der Waals surface area contributed by atoms with Crippen molar-refractivity contribution >= 4 is 26.7 Å². The number of sulfone groups is 1. The normalized spacial score (nSPS) is 18.1. The largest absolute Gasteiger partial charge is 0.365 e. The lowest BCUT2D eigenvalue weighted by atomic mass is 10.1. The lowest BCUT2D eigenvalue weighted by molar-refractivity contribution is 0.479. The van der Waals surface area contributed by atoms with Crippen molar-refractivity contribution in [3.8, 4) is 5.69 Å². The van der Waals surface area contributed by atoms with E-state index in [-0.39, 0.29) is 4.90 Å². The molecule has 2 N–H and O–H groups in total. The molecule has 4 rings (SSSR count). The van der Waals surface area contributed by atoms with Crippen LogP contribution >= 0.6 is 0 Å². The van der Waals surface area contributed by atoms with E-state index in [4.69, 9.17) is 0 Å². The van der Waals surface area contributed by atoms with Crippen LogP contribution in [0.3, 0.4) is 0 Å². The second kappa shape index (κ2) is 6.65. The average molecular weight is 372 g/mol. The molecule has 0 saturated carbocycles. The molecule has 0 amide bonds. The van der Waals surface area contributed by atoms with Crippen molar-refractivity contribution in [2.75, 3.05) is 24.7 Å². The van der Waals surface area contributed by atoms with Crippen LogP contribution in [0.2, 0.25) is 0 Å². The smallest absolute Gasteiger partial charge is 0.175 e. The number of nitrogens with one attached hydrogen (secondary N) is 2. The molecule has 0 aliphatic carbocycles. The van der Waals surface area contributed by atoms with Gasteiger partial charge >= 0.3 is 0 Å². The summed E-state index contributed by atoms with van der Waals surface area (Å²) in [4.78, 5) is 9.01. The highest BCUT2D eigenvalue weighted by Gasteiger charge is 2.17. The Kier molecular flexibility index (Phi) is 4.33. The van der Waals surface area contributed by atoms with E-state index >= 15 is 0 Å². The molecule has 1 fully saturated rings. The first-order chi connectivity index (χ1) is 12.5. The molecule has 9 heteroatoms. The minimum atomic E-state index is -3.23. The molecule has 26 heavy (non-hydrogen) atoms. The van der Waals surface area contributed by atoms with Gasteiger partial charge in [0.2, 0.25) is 0 Å². The number of hydrogen-bond acceptors (Lipinski definition) is 7. The summed E-state index contributed by atoms with van der Waals surface area (Å²) in [6.45, 7) is 1.96. The van der Waals surface area contributed by atoms with Gasteiger partial charge in [-0.25, -0.2) is 23.1 Å². The lowest BCUT2D eigenvalue weighted by Gasteiger charge is -2.24. The van der Waals surface area contributed by atoms with Crippen LogP contribution < -0.4 is 10.6 Å². The molecular formula is C17H20N6O2S. The van der Waals surface area contributed by atoms with Crippen molar-refractivity contribution in [1.82, 2.24) is 25.1 Å². The maximum absolute atomic E-state index is 11.6. The van der Waals surface area contributed by atoms with Crippen LogP contribution in [0.15, 0.2) is 41.7 Å². The van der Waals surface area contributed by atoms with E-state index in [2.05, 4.69) is 25.7 Å². The van der Waals surface area contributed by atoms with Crippen molar-refractivity contribution in [3.05, 3.63) is 36.8 Å². The van der Waals surface area contributed by atoms with E-state index in [0.717, 1.165) is 42.8 Å². The van der Waals surface area contributed by atoms with Crippen molar-refractivity contribution in [2.24, 2.45) is 0 Å².